The molecule has 3 aromatic rings. The van der Waals surface area contributed by atoms with Crippen LogP contribution >= 0.6 is 35.3 Å². The first-order valence-electron chi connectivity index (χ1n) is 11.2. The fraction of sp³-hybridized carbons (Fsp3) is 0.435. The molecule has 5 rings (SSSR count). The van der Waals surface area contributed by atoms with Gasteiger partial charge < -0.3 is 26.3 Å². The highest BCUT2D eigenvalue weighted by atomic mass is 35.5. The standard InChI is InChI=1S/C23H27ClN6O2S.ClH/c1-30-7-6-17-20(11-30)33-23(29-17)22(32)27-16-5-3-14(25)10-18(16)28-21(31)19-9-12-8-13(24)2-4-15(12)26-19;/h2,4,8-9,14,16,18,26H,3,5-7,10-11,25H2,1H3,(H,27,32)(H,28,31);1H/t14?,16-,18+;/m1./s1. The van der Waals surface area contributed by atoms with E-state index in [0.29, 0.717) is 28.6 Å². The second-order valence-electron chi connectivity index (χ2n) is 9.02. The molecule has 8 nitrogen and oxygen atoms in total. The minimum atomic E-state index is -0.263. The summed E-state index contributed by atoms with van der Waals surface area (Å²) >= 11 is 7.52. The minimum absolute atomic E-state index is 0. The number of thiazole rings is 1. The van der Waals surface area contributed by atoms with Crippen LogP contribution in [0, 0.1) is 0 Å². The second kappa shape index (κ2) is 10.2. The van der Waals surface area contributed by atoms with Crippen molar-refractivity contribution >= 4 is 58.1 Å². The van der Waals surface area contributed by atoms with Crippen LogP contribution in [0.15, 0.2) is 24.3 Å². The van der Waals surface area contributed by atoms with Gasteiger partial charge in [-0.15, -0.1) is 23.7 Å². The molecule has 1 unspecified atom stereocenters. The third-order valence-electron chi connectivity index (χ3n) is 6.47. The van der Waals surface area contributed by atoms with Crippen molar-refractivity contribution in [1.29, 1.82) is 0 Å². The topological polar surface area (TPSA) is 116 Å². The summed E-state index contributed by atoms with van der Waals surface area (Å²) in [7, 11) is 2.07. The summed E-state index contributed by atoms with van der Waals surface area (Å²) in [5.74, 6) is -0.412. The van der Waals surface area contributed by atoms with E-state index in [1.165, 1.54) is 11.3 Å². The van der Waals surface area contributed by atoms with Gasteiger partial charge in [0.15, 0.2) is 5.01 Å². The molecule has 5 N–H and O–H groups in total. The average molecular weight is 523 g/mol. The van der Waals surface area contributed by atoms with Gasteiger partial charge in [0, 0.05) is 52.4 Å². The number of fused-ring (bicyclic) bond motifs is 2. The smallest absolute Gasteiger partial charge is 0.280 e. The first-order chi connectivity index (χ1) is 15.9. The molecular weight excluding hydrogens is 495 g/mol. The maximum atomic E-state index is 13.0. The molecule has 3 atom stereocenters. The van der Waals surface area contributed by atoms with Crippen LogP contribution in [0.1, 0.15) is 50.1 Å². The fourth-order valence-corrected chi connectivity index (χ4v) is 5.93. The van der Waals surface area contributed by atoms with Crippen LogP contribution in [-0.4, -0.2) is 58.4 Å². The Balaban J connectivity index is 0.00000274. The van der Waals surface area contributed by atoms with Gasteiger partial charge >= 0.3 is 0 Å². The lowest BCUT2D eigenvalue weighted by molar-refractivity contribution is 0.0855. The summed E-state index contributed by atoms with van der Waals surface area (Å²) in [6.45, 7) is 1.78. The van der Waals surface area contributed by atoms with Gasteiger partial charge in [0.25, 0.3) is 11.8 Å². The van der Waals surface area contributed by atoms with Crippen molar-refractivity contribution in [3.05, 3.63) is 50.6 Å². The van der Waals surface area contributed by atoms with E-state index in [-0.39, 0.29) is 42.3 Å². The number of amides is 2. The zero-order valence-electron chi connectivity index (χ0n) is 18.8. The van der Waals surface area contributed by atoms with Gasteiger partial charge in [-0.3, -0.25) is 9.59 Å². The lowest BCUT2D eigenvalue weighted by atomic mass is 9.87. The van der Waals surface area contributed by atoms with Gasteiger partial charge in [-0.25, -0.2) is 4.98 Å². The maximum Gasteiger partial charge on any atom is 0.280 e. The molecule has 0 saturated heterocycles. The number of carbonyl (C=O) groups is 2. The molecule has 1 saturated carbocycles. The Hall–Kier alpha value is -2.17. The molecule has 1 aliphatic carbocycles. The Bertz CT molecular complexity index is 1210. The number of aromatic nitrogens is 2. The first kappa shape index (κ1) is 24.9. The molecule has 34 heavy (non-hydrogen) atoms. The molecule has 2 aromatic heterocycles. The number of likely N-dealkylation sites (N-methyl/N-ethyl adjacent to an activating group) is 1. The molecule has 1 aromatic carbocycles. The molecule has 3 heterocycles. The number of hydrogen-bond acceptors (Lipinski definition) is 6. The van der Waals surface area contributed by atoms with Crippen molar-refractivity contribution in [3.8, 4) is 0 Å². The van der Waals surface area contributed by atoms with Crippen LogP contribution in [0.2, 0.25) is 5.02 Å². The van der Waals surface area contributed by atoms with Crippen LogP contribution in [0.3, 0.4) is 0 Å². The minimum Gasteiger partial charge on any atom is -0.351 e. The maximum absolute atomic E-state index is 13.0. The number of carbonyl (C=O) groups excluding carboxylic acids is 2. The lowest BCUT2D eigenvalue weighted by Gasteiger charge is -2.35. The summed E-state index contributed by atoms with van der Waals surface area (Å²) in [4.78, 5) is 37.1. The number of aromatic amines is 1. The van der Waals surface area contributed by atoms with Gasteiger partial charge in [-0.2, -0.15) is 0 Å². The molecule has 1 aliphatic heterocycles. The molecule has 182 valence electrons. The van der Waals surface area contributed by atoms with Crippen molar-refractivity contribution in [1.82, 2.24) is 25.5 Å². The quantitative estimate of drug-likeness (QED) is 0.420. The van der Waals surface area contributed by atoms with E-state index in [9.17, 15) is 9.59 Å². The van der Waals surface area contributed by atoms with Gasteiger partial charge in [0.2, 0.25) is 0 Å². The third kappa shape index (κ3) is 5.23. The molecule has 1 fully saturated rings. The van der Waals surface area contributed by atoms with Crippen LogP contribution in [-0.2, 0) is 13.0 Å². The van der Waals surface area contributed by atoms with E-state index in [0.717, 1.165) is 47.4 Å². The summed E-state index contributed by atoms with van der Waals surface area (Å²) in [5, 5.41) is 8.17. The monoisotopic (exact) mass is 522 g/mol. The summed E-state index contributed by atoms with van der Waals surface area (Å²) in [6, 6.07) is 6.73. The van der Waals surface area contributed by atoms with E-state index in [1.54, 1.807) is 12.1 Å². The summed E-state index contributed by atoms with van der Waals surface area (Å²) in [5.41, 5.74) is 8.52. The Morgan fingerprint density at radius 1 is 1.21 bits per heavy atom. The number of hydrogen-bond donors (Lipinski definition) is 4. The Kier molecular flexibility index (Phi) is 7.49. The third-order valence-corrected chi connectivity index (χ3v) is 7.78. The normalized spacial score (nSPS) is 22.6. The average Bonchev–Trinajstić information content (AvgIpc) is 3.39. The van der Waals surface area contributed by atoms with E-state index in [4.69, 9.17) is 17.3 Å². The SMILES string of the molecule is CN1CCc2nc(C(=O)N[C@@H]3CCC(N)C[C@@H]3NC(=O)c3cc4cc(Cl)ccc4[nH]3)sc2C1.Cl. The Morgan fingerprint density at radius 3 is 2.82 bits per heavy atom. The van der Waals surface area contributed by atoms with Gasteiger partial charge in [0.1, 0.15) is 5.69 Å². The predicted molar refractivity (Wildman–Crippen MR) is 137 cm³/mol. The van der Waals surface area contributed by atoms with Crippen molar-refractivity contribution in [2.45, 2.75) is 50.4 Å². The van der Waals surface area contributed by atoms with Crippen LogP contribution in [0.4, 0.5) is 0 Å². The largest absolute Gasteiger partial charge is 0.351 e. The second-order valence-corrected chi connectivity index (χ2v) is 10.5. The fourth-order valence-electron chi connectivity index (χ4n) is 4.66. The number of nitrogens with two attached hydrogens (primary N) is 1. The number of nitrogens with one attached hydrogen (secondary N) is 3. The molecule has 2 aliphatic rings. The zero-order valence-corrected chi connectivity index (χ0v) is 21.2. The first-order valence-corrected chi connectivity index (χ1v) is 12.4. The number of benzene rings is 1. The highest BCUT2D eigenvalue weighted by molar-refractivity contribution is 7.13. The van der Waals surface area contributed by atoms with E-state index in [2.05, 4.69) is 32.5 Å². The lowest BCUT2D eigenvalue weighted by Crippen LogP contribution is -2.56. The van der Waals surface area contributed by atoms with Crippen LogP contribution < -0.4 is 16.4 Å². The van der Waals surface area contributed by atoms with Crippen molar-refractivity contribution in [2.75, 3.05) is 13.6 Å². The Labute approximate surface area is 213 Å². The number of halogens is 2. The van der Waals surface area contributed by atoms with E-state index < -0.39 is 0 Å². The highest BCUT2D eigenvalue weighted by Crippen LogP contribution is 2.26. The summed E-state index contributed by atoms with van der Waals surface area (Å²) < 4.78 is 0. The molecule has 11 heteroatoms. The van der Waals surface area contributed by atoms with Gasteiger partial charge in [-0.05, 0) is 50.6 Å². The number of H-pyrrole nitrogens is 1. The molecule has 2 amide bonds. The molecule has 0 spiro atoms. The predicted octanol–water partition coefficient (Wildman–Crippen LogP) is 3.10. The van der Waals surface area contributed by atoms with Crippen LogP contribution in [0.25, 0.3) is 10.9 Å². The molecular formula is C23H28Cl2N6O2S. The van der Waals surface area contributed by atoms with Gasteiger partial charge in [-0.1, -0.05) is 11.6 Å². The van der Waals surface area contributed by atoms with Crippen molar-refractivity contribution in [2.24, 2.45) is 5.73 Å². The van der Waals surface area contributed by atoms with E-state index >= 15 is 0 Å². The number of nitrogens with zero attached hydrogens (tertiary/aromatic N) is 2. The van der Waals surface area contributed by atoms with E-state index in [1.807, 2.05) is 12.1 Å². The van der Waals surface area contributed by atoms with Crippen molar-refractivity contribution < 1.29 is 9.59 Å². The summed E-state index contributed by atoms with van der Waals surface area (Å²) in [6.07, 6.45) is 2.96. The molecule has 0 bridgehead atoms. The van der Waals surface area contributed by atoms with Gasteiger partial charge in [0.05, 0.1) is 11.7 Å². The Morgan fingerprint density at radius 2 is 2.00 bits per heavy atom. The highest BCUT2D eigenvalue weighted by Gasteiger charge is 2.33. The zero-order chi connectivity index (χ0) is 23.1. The van der Waals surface area contributed by atoms with Crippen molar-refractivity contribution in [3.63, 3.8) is 0 Å². The number of rotatable bonds is 4. The molecule has 0 radical (unpaired) electrons. The van der Waals surface area contributed by atoms with Crippen LogP contribution in [0.5, 0.6) is 0 Å².